The third-order valence-electron chi connectivity index (χ3n) is 16.4. The van der Waals surface area contributed by atoms with E-state index >= 15 is 0 Å². The van der Waals surface area contributed by atoms with Crippen molar-refractivity contribution in [3.8, 4) is 18.0 Å². The first kappa shape index (κ1) is 53.6. The molecule has 1 aromatic heterocycles. The molecule has 0 amide bonds. The topological polar surface area (TPSA) is 66.4 Å². The van der Waals surface area contributed by atoms with Gasteiger partial charge in [0.05, 0.1) is 0 Å². The fraction of sp³-hybridized carbons (Fsp3) is 0. The molecule has 9 heteroatoms. The van der Waals surface area contributed by atoms with Crippen molar-refractivity contribution in [3.05, 3.63) is 364 Å². The summed E-state index contributed by atoms with van der Waals surface area (Å²) in [6.45, 7) is -13.8. The molecule has 408 valence electrons. The molecule has 6 nitrogen and oxygen atoms in total. The number of hydrogen-bond acceptors (Lipinski definition) is 6. The van der Waals surface area contributed by atoms with Crippen molar-refractivity contribution in [2.24, 2.45) is 0 Å². The first-order valence-electron chi connectivity index (χ1n) is 28.1. The van der Waals surface area contributed by atoms with Crippen LogP contribution in [0.15, 0.2) is 364 Å². The molecular formula is C75H60N3O3P3. The molecule has 13 rings (SSSR count). The Morgan fingerprint density at radius 1 is 0.143 bits per heavy atom. The number of hydrogen-bond donors (Lipinski definition) is 0. The van der Waals surface area contributed by atoms with Crippen molar-refractivity contribution in [1.82, 2.24) is 15.0 Å². The third-order valence-corrected chi connectivity index (χ3v) is 33.3. The van der Waals surface area contributed by atoms with Crippen LogP contribution in [0.1, 0.15) is 0 Å². The van der Waals surface area contributed by atoms with Crippen LogP contribution in [0, 0.1) is 0 Å². The molecule has 1 heterocycles. The van der Waals surface area contributed by atoms with E-state index in [1.165, 1.54) is 0 Å². The maximum absolute atomic E-state index is 8.49. The number of nitrogens with zero attached hydrogens (tertiary/aromatic N) is 3. The van der Waals surface area contributed by atoms with E-state index in [0.717, 1.165) is 63.7 Å². The molecule has 84 heavy (non-hydrogen) atoms. The average Bonchev–Trinajstić information content (AvgIpc) is 0.756. The van der Waals surface area contributed by atoms with Crippen molar-refractivity contribution in [2.75, 3.05) is 0 Å². The minimum absolute atomic E-state index is 0.00853. The molecule has 0 atom stereocenters. The van der Waals surface area contributed by atoms with Gasteiger partial charge in [-0.15, -0.1) is 0 Å². The Labute approximate surface area is 491 Å². The van der Waals surface area contributed by atoms with Crippen LogP contribution in [0.3, 0.4) is 0 Å². The minimum atomic E-state index is -4.61. The molecular weight excluding hydrogens is 1080 g/mol. The summed E-state index contributed by atoms with van der Waals surface area (Å²) in [5.74, 6) is 0. The van der Waals surface area contributed by atoms with Crippen LogP contribution in [0.2, 0.25) is 0 Å². The SMILES string of the molecule is c1ccc(P(Oc2nc(OP(c3ccccc3)(c3ccccc3)(c3ccccc3)c3ccccc3)nc(OP(c3ccccc3)(c3ccccc3)(c3ccccc3)c3ccccc3)n2)(c2ccccc2)(c2ccccc2)c2ccccc2)cc1. The zero-order valence-electron chi connectivity index (χ0n) is 46.0. The van der Waals surface area contributed by atoms with Crippen LogP contribution < -0.4 is 77.2 Å². The summed E-state index contributed by atoms with van der Waals surface area (Å²) in [5, 5.41) is 11.2. The van der Waals surface area contributed by atoms with Crippen LogP contribution in [-0.4, -0.2) is 15.0 Å². The Balaban J connectivity index is 1.23. The molecule has 0 fully saturated rings. The molecule has 0 aliphatic carbocycles. The van der Waals surface area contributed by atoms with Crippen molar-refractivity contribution in [2.45, 2.75) is 0 Å². The summed E-state index contributed by atoms with van der Waals surface area (Å²) in [7, 11) is 0. The van der Waals surface area contributed by atoms with Gasteiger partial charge in [-0.3, -0.25) is 0 Å². The summed E-state index contributed by atoms with van der Waals surface area (Å²) in [6.07, 6.45) is 0. The van der Waals surface area contributed by atoms with Crippen LogP contribution in [-0.2, 0) is 0 Å². The molecule has 0 radical (unpaired) electrons. The second-order valence-corrected chi connectivity index (χ2v) is 33.6. The van der Waals surface area contributed by atoms with Crippen LogP contribution in [0.25, 0.3) is 0 Å². The van der Waals surface area contributed by atoms with Gasteiger partial charge in [0.2, 0.25) is 0 Å². The Morgan fingerprint density at radius 3 is 0.333 bits per heavy atom. The molecule has 13 aromatic rings. The van der Waals surface area contributed by atoms with E-state index in [9.17, 15) is 0 Å². The van der Waals surface area contributed by atoms with Gasteiger partial charge >= 0.3 is 495 Å². The second-order valence-electron chi connectivity index (χ2n) is 20.6. The van der Waals surface area contributed by atoms with E-state index in [1.807, 2.05) is 72.8 Å². The summed E-state index contributed by atoms with van der Waals surface area (Å²) in [6, 6.07) is 127. The quantitative estimate of drug-likeness (QED) is 0.0798. The van der Waals surface area contributed by atoms with E-state index in [0.29, 0.717) is 0 Å². The van der Waals surface area contributed by atoms with E-state index in [4.69, 9.17) is 28.5 Å². The Hall–Kier alpha value is -9.66. The number of rotatable bonds is 18. The summed E-state index contributed by atoms with van der Waals surface area (Å²) in [4.78, 5) is 17.0. The molecule has 0 saturated carbocycles. The third kappa shape index (κ3) is 8.17. The van der Waals surface area contributed by atoms with Gasteiger partial charge in [-0.1, -0.05) is 0 Å². The summed E-state index contributed by atoms with van der Waals surface area (Å²) >= 11 is 0. The van der Waals surface area contributed by atoms with E-state index in [1.54, 1.807) is 0 Å². The van der Waals surface area contributed by atoms with Gasteiger partial charge in [0.1, 0.15) is 0 Å². The van der Waals surface area contributed by atoms with Crippen LogP contribution in [0.5, 0.6) is 18.0 Å². The van der Waals surface area contributed by atoms with Crippen molar-refractivity contribution in [3.63, 3.8) is 0 Å². The van der Waals surface area contributed by atoms with Gasteiger partial charge in [-0.2, -0.15) is 0 Å². The van der Waals surface area contributed by atoms with E-state index < -0.39 is 20.5 Å². The predicted octanol–water partition coefficient (Wildman–Crippen LogP) is 12.3. The maximum atomic E-state index is 8.49. The second kappa shape index (κ2) is 22.2. The standard InChI is InChI=1S/C75H60N3O3P3/c1-13-37-61(38-14-1)82(62-39-15-2-16-40-62,63-41-17-3-18-42-63,64-43-19-4-20-44-64)79-73-76-74(80-83(65-45-21-5-22-46-65,66-47-23-6-24-48-66,67-49-25-7-26-50-67)68-51-27-8-28-52-68)78-75(77-73)81-84(69-53-29-9-30-54-69,70-55-31-10-32-56-70,71-57-33-11-34-58-71)72-59-35-12-36-60-72/h1-60H. The summed E-state index contributed by atoms with van der Waals surface area (Å²) < 4.78 is 25.5. The predicted molar refractivity (Wildman–Crippen MR) is 355 cm³/mol. The van der Waals surface area contributed by atoms with Gasteiger partial charge in [-0.25, -0.2) is 0 Å². The normalized spacial score (nSPS) is 13.1. The van der Waals surface area contributed by atoms with Crippen LogP contribution in [0.4, 0.5) is 0 Å². The molecule has 0 saturated heterocycles. The molecule has 0 spiro atoms. The zero-order valence-corrected chi connectivity index (χ0v) is 48.7. The molecule has 0 aliphatic heterocycles. The van der Waals surface area contributed by atoms with E-state index in [-0.39, 0.29) is 18.0 Å². The van der Waals surface area contributed by atoms with Gasteiger partial charge in [-0.05, 0) is 0 Å². The van der Waals surface area contributed by atoms with Gasteiger partial charge in [0.15, 0.2) is 0 Å². The molecule has 12 aromatic carbocycles. The van der Waals surface area contributed by atoms with Gasteiger partial charge in [0, 0.05) is 0 Å². The first-order valence-corrected chi connectivity index (χ1v) is 34.6. The fourth-order valence-corrected chi connectivity index (χ4v) is 29.5. The first-order chi connectivity index (χ1) is 41.5. The average molecular weight is 1140 g/mol. The van der Waals surface area contributed by atoms with Crippen molar-refractivity contribution in [1.29, 1.82) is 0 Å². The Bertz CT molecular complexity index is 3320. The zero-order chi connectivity index (χ0) is 56.7. The molecule has 0 N–H and O–H groups in total. The summed E-state index contributed by atoms with van der Waals surface area (Å²) in [5.41, 5.74) is 0. The number of benzene rings is 12. The number of aromatic nitrogens is 3. The van der Waals surface area contributed by atoms with Gasteiger partial charge < -0.3 is 0 Å². The van der Waals surface area contributed by atoms with Gasteiger partial charge in [0.25, 0.3) is 0 Å². The molecule has 0 unspecified atom stereocenters. The molecule has 0 bridgehead atoms. The molecule has 0 aliphatic rings. The monoisotopic (exact) mass is 1140 g/mol. The van der Waals surface area contributed by atoms with Crippen molar-refractivity contribution < 1.29 is 13.6 Å². The Kier molecular flexibility index (Phi) is 14.2. The van der Waals surface area contributed by atoms with Crippen molar-refractivity contribution >= 4 is 84.1 Å². The van der Waals surface area contributed by atoms with E-state index in [2.05, 4.69) is 291 Å². The fourth-order valence-electron chi connectivity index (χ4n) is 12.8. The van der Waals surface area contributed by atoms with Crippen LogP contribution >= 0.6 is 20.5 Å². The Morgan fingerprint density at radius 2 is 0.238 bits per heavy atom.